The van der Waals surface area contributed by atoms with Crippen molar-refractivity contribution in [2.24, 2.45) is 0 Å². The van der Waals surface area contributed by atoms with Crippen LogP contribution in [-0.4, -0.2) is 6.54 Å². The molecular weight excluding hydrogens is 262 g/mol. The maximum absolute atomic E-state index is 5.89. The molecule has 0 spiro atoms. The van der Waals surface area contributed by atoms with E-state index < -0.39 is 0 Å². The Kier molecular flexibility index (Phi) is 5.31. The minimum Gasteiger partial charge on any atom is -0.486 e. The SMILES string of the molecule is CCCNCc1ccc(COc2cccc(Cl)c2)o1. The van der Waals surface area contributed by atoms with E-state index >= 15 is 0 Å². The maximum Gasteiger partial charge on any atom is 0.146 e. The minimum atomic E-state index is 0.411. The smallest absolute Gasteiger partial charge is 0.146 e. The van der Waals surface area contributed by atoms with Gasteiger partial charge in [0.1, 0.15) is 23.9 Å². The van der Waals surface area contributed by atoms with Crippen LogP contribution in [0, 0.1) is 0 Å². The number of hydrogen-bond acceptors (Lipinski definition) is 3. The fourth-order valence-electron chi connectivity index (χ4n) is 1.69. The molecule has 0 aliphatic heterocycles. The summed E-state index contributed by atoms with van der Waals surface area (Å²) in [5.41, 5.74) is 0. The van der Waals surface area contributed by atoms with Gasteiger partial charge in [-0.1, -0.05) is 24.6 Å². The Morgan fingerprint density at radius 1 is 1.21 bits per heavy atom. The Hall–Kier alpha value is -1.45. The number of halogens is 1. The molecule has 2 aromatic rings. The summed E-state index contributed by atoms with van der Waals surface area (Å²) < 4.78 is 11.3. The first-order valence-corrected chi connectivity index (χ1v) is 6.82. The van der Waals surface area contributed by atoms with Crippen LogP contribution in [0.25, 0.3) is 0 Å². The van der Waals surface area contributed by atoms with Gasteiger partial charge in [-0.15, -0.1) is 0 Å². The molecule has 0 saturated carbocycles. The van der Waals surface area contributed by atoms with Gasteiger partial charge in [0.05, 0.1) is 6.54 Å². The highest BCUT2D eigenvalue weighted by molar-refractivity contribution is 6.30. The lowest BCUT2D eigenvalue weighted by atomic mass is 10.3. The Balaban J connectivity index is 1.83. The zero-order valence-corrected chi connectivity index (χ0v) is 11.7. The predicted molar refractivity (Wildman–Crippen MR) is 76.5 cm³/mol. The average Bonchev–Trinajstić information content (AvgIpc) is 2.85. The highest BCUT2D eigenvalue weighted by Gasteiger charge is 2.03. The van der Waals surface area contributed by atoms with Gasteiger partial charge in [0.25, 0.3) is 0 Å². The molecule has 1 heterocycles. The second-order valence-electron chi connectivity index (χ2n) is 4.29. The van der Waals surface area contributed by atoms with Crippen molar-refractivity contribution >= 4 is 11.6 Å². The van der Waals surface area contributed by atoms with Crippen LogP contribution in [0.4, 0.5) is 0 Å². The number of hydrogen-bond donors (Lipinski definition) is 1. The molecule has 0 atom stereocenters. The molecule has 2 rings (SSSR count). The molecular formula is C15H18ClNO2. The largest absolute Gasteiger partial charge is 0.486 e. The van der Waals surface area contributed by atoms with E-state index in [1.165, 1.54) is 0 Å². The predicted octanol–water partition coefficient (Wildman–Crippen LogP) is 4.01. The molecule has 1 aromatic heterocycles. The highest BCUT2D eigenvalue weighted by atomic mass is 35.5. The lowest BCUT2D eigenvalue weighted by Gasteiger charge is -2.04. The first-order chi connectivity index (χ1) is 9.28. The Bertz CT molecular complexity index is 510. The minimum absolute atomic E-state index is 0.411. The van der Waals surface area contributed by atoms with Crippen molar-refractivity contribution in [1.29, 1.82) is 0 Å². The van der Waals surface area contributed by atoms with Crippen molar-refractivity contribution < 1.29 is 9.15 Å². The van der Waals surface area contributed by atoms with Crippen LogP contribution >= 0.6 is 11.6 Å². The van der Waals surface area contributed by atoms with E-state index in [1.807, 2.05) is 30.3 Å². The van der Waals surface area contributed by atoms with Crippen LogP contribution in [0.5, 0.6) is 5.75 Å². The van der Waals surface area contributed by atoms with Crippen molar-refractivity contribution in [2.45, 2.75) is 26.5 Å². The molecule has 0 saturated heterocycles. The zero-order chi connectivity index (χ0) is 13.5. The maximum atomic E-state index is 5.89. The first kappa shape index (κ1) is 14.0. The molecule has 3 nitrogen and oxygen atoms in total. The van der Waals surface area contributed by atoms with Crippen LogP contribution in [0.3, 0.4) is 0 Å². The fourth-order valence-corrected chi connectivity index (χ4v) is 1.87. The standard InChI is InChI=1S/C15H18ClNO2/c1-2-8-17-10-14-6-7-15(19-14)11-18-13-5-3-4-12(16)9-13/h3-7,9,17H,2,8,10-11H2,1H3. The molecule has 0 radical (unpaired) electrons. The van der Waals surface area contributed by atoms with E-state index in [9.17, 15) is 0 Å². The molecule has 0 aliphatic rings. The molecule has 1 aromatic carbocycles. The van der Waals surface area contributed by atoms with Gasteiger partial charge in [0.2, 0.25) is 0 Å². The molecule has 0 bridgehead atoms. The zero-order valence-electron chi connectivity index (χ0n) is 11.0. The van der Waals surface area contributed by atoms with Crippen LogP contribution < -0.4 is 10.1 Å². The quantitative estimate of drug-likeness (QED) is 0.778. The van der Waals surface area contributed by atoms with Gasteiger partial charge in [0.15, 0.2) is 0 Å². The lowest BCUT2D eigenvalue weighted by Crippen LogP contribution is -2.13. The molecule has 19 heavy (non-hydrogen) atoms. The van der Waals surface area contributed by atoms with E-state index in [0.29, 0.717) is 11.6 Å². The van der Waals surface area contributed by atoms with Crippen LogP contribution in [0.15, 0.2) is 40.8 Å². The van der Waals surface area contributed by atoms with Crippen molar-refractivity contribution in [2.75, 3.05) is 6.54 Å². The summed E-state index contributed by atoms with van der Waals surface area (Å²) in [6.45, 7) is 4.30. The van der Waals surface area contributed by atoms with Gasteiger partial charge < -0.3 is 14.5 Å². The monoisotopic (exact) mass is 279 g/mol. The summed E-state index contributed by atoms with van der Waals surface area (Å²) in [5, 5.41) is 3.96. The molecule has 102 valence electrons. The number of nitrogens with one attached hydrogen (secondary N) is 1. The summed E-state index contributed by atoms with van der Waals surface area (Å²) >= 11 is 5.89. The first-order valence-electron chi connectivity index (χ1n) is 6.44. The van der Waals surface area contributed by atoms with Crippen molar-refractivity contribution in [1.82, 2.24) is 5.32 Å². The van der Waals surface area contributed by atoms with Gasteiger partial charge in [-0.2, -0.15) is 0 Å². The van der Waals surface area contributed by atoms with E-state index in [4.69, 9.17) is 20.8 Å². The number of ether oxygens (including phenoxy) is 1. The third-order valence-corrected chi connectivity index (χ3v) is 2.86. The molecule has 0 fully saturated rings. The molecule has 0 aliphatic carbocycles. The van der Waals surface area contributed by atoms with Gasteiger partial charge in [-0.05, 0) is 43.3 Å². The van der Waals surface area contributed by atoms with E-state index in [2.05, 4.69) is 12.2 Å². The average molecular weight is 280 g/mol. The fraction of sp³-hybridized carbons (Fsp3) is 0.333. The van der Waals surface area contributed by atoms with E-state index in [-0.39, 0.29) is 0 Å². The molecule has 0 unspecified atom stereocenters. The Morgan fingerprint density at radius 3 is 2.84 bits per heavy atom. The topological polar surface area (TPSA) is 34.4 Å². The summed E-state index contributed by atoms with van der Waals surface area (Å²) in [4.78, 5) is 0. The summed E-state index contributed by atoms with van der Waals surface area (Å²) in [6.07, 6.45) is 1.12. The summed E-state index contributed by atoms with van der Waals surface area (Å²) in [6, 6.07) is 11.2. The van der Waals surface area contributed by atoms with Crippen LogP contribution in [0.2, 0.25) is 5.02 Å². The van der Waals surface area contributed by atoms with E-state index in [0.717, 1.165) is 36.8 Å². The van der Waals surface area contributed by atoms with Crippen molar-refractivity contribution in [3.05, 3.63) is 52.9 Å². The van der Waals surface area contributed by atoms with Gasteiger partial charge in [-0.25, -0.2) is 0 Å². The van der Waals surface area contributed by atoms with Gasteiger partial charge >= 0.3 is 0 Å². The second-order valence-corrected chi connectivity index (χ2v) is 4.73. The summed E-state index contributed by atoms with van der Waals surface area (Å²) in [5.74, 6) is 2.49. The van der Waals surface area contributed by atoms with Crippen LogP contribution in [0.1, 0.15) is 24.9 Å². The number of benzene rings is 1. The number of rotatable bonds is 7. The number of furan rings is 1. The third-order valence-electron chi connectivity index (χ3n) is 2.62. The van der Waals surface area contributed by atoms with Crippen molar-refractivity contribution in [3.8, 4) is 5.75 Å². The highest BCUT2D eigenvalue weighted by Crippen LogP contribution is 2.19. The van der Waals surface area contributed by atoms with Gasteiger partial charge in [-0.3, -0.25) is 0 Å². The Morgan fingerprint density at radius 2 is 2.05 bits per heavy atom. The second kappa shape index (κ2) is 7.22. The lowest BCUT2D eigenvalue weighted by molar-refractivity contribution is 0.265. The van der Waals surface area contributed by atoms with E-state index in [1.54, 1.807) is 6.07 Å². The third kappa shape index (κ3) is 4.62. The summed E-state index contributed by atoms with van der Waals surface area (Å²) in [7, 11) is 0. The van der Waals surface area contributed by atoms with Gasteiger partial charge in [0, 0.05) is 5.02 Å². The Labute approximate surface area is 118 Å². The van der Waals surface area contributed by atoms with Crippen LogP contribution in [-0.2, 0) is 13.2 Å². The normalized spacial score (nSPS) is 10.6. The molecule has 1 N–H and O–H groups in total. The molecule has 0 amide bonds. The van der Waals surface area contributed by atoms with Crippen molar-refractivity contribution in [3.63, 3.8) is 0 Å². The molecule has 4 heteroatoms.